The standard InChI is InChI=1S/C20H25NO/c22-20-17-6-2-4-15-3-1-5-16(19(15)17)12-21(20)18-11-13-7-9-14(18)10-8-13/h2,4,6,13-14,16,18H,1,3,5,7-12H2/t13?,14?,16-,18-/m1/s1. The highest BCUT2D eigenvalue weighted by molar-refractivity contribution is 5.97. The van der Waals surface area contributed by atoms with Crippen LogP contribution in [-0.4, -0.2) is 23.4 Å². The highest BCUT2D eigenvalue weighted by Crippen LogP contribution is 2.46. The molecule has 0 aromatic heterocycles. The molecule has 2 nitrogen and oxygen atoms in total. The van der Waals surface area contributed by atoms with Crippen LogP contribution in [0.2, 0.25) is 0 Å². The minimum absolute atomic E-state index is 0.340. The van der Waals surface area contributed by atoms with Gasteiger partial charge in [0.1, 0.15) is 0 Å². The Morgan fingerprint density at radius 3 is 2.68 bits per heavy atom. The molecule has 116 valence electrons. The molecule has 2 bridgehead atoms. The van der Waals surface area contributed by atoms with E-state index in [2.05, 4.69) is 23.1 Å². The average molecular weight is 295 g/mol. The Balaban J connectivity index is 1.53. The van der Waals surface area contributed by atoms with E-state index in [4.69, 9.17) is 0 Å². The van der Waals surface area contributed by atoms with E-state index in [1.54, 1.807) is 0 Å². The number of aryl methyl sites for hydroxylation is 1. The first kappa shape index (κ1) is 13.2. The molecular formula is C20H25NO. The molecule has 1 aromatic rings. The first-order valence-corrected chi connectivity index (χ1v) is 9.24. The topological polar surface area (TPSA) is 20.3 Å². The van der Waals surface area contributed by atoms with Gasteiger partial charge in [-0.15, -0.1) is 0 Å². The van der Waals surface area contributed by atoms with Crippen LogP contribution in [0.4, 0.5) is 0 Å². The molecule has 0 N–H and O–H groups in total. The average Bonchev–Trinajstić information content (AvgIpc) is 2.59. The summed E-state index contributed by atoms with van der Waals surface area (Å²) in [4.78, 5) is 15.5. The second-order valence-electron chi connectivity index (χ2n) is 8.01. The molecule has 1 amide bonds. The van der Waals surface area contributed by atoms with E-state index in [1.807, 2.05) is 0 Å². The molecule has 22 heavy (non-hydrogen) atoms. The number of carbonyl (C=O) groups excluding carboxylic acids is 1. The number of hydrogen-bond donors (Lipinski definition) is 0. The molecular weight excluding hydrogens is 270 g/mol. The predicted octanol–water partition coefficient (Wildman–Crippen LogP) is 4.14. The van der Waals surface area contributed by atoms with Gasteiger partial charge in [-0.2, -0.15) is 0 Å². The molecule has 0 spiro atoms. The second kappa shape index (κ2) is 4.84. The van der Waals surface area contributed by atoms with E-state index in [0.29, 0.717) is 17.9 Å². The third-order valence-corrected chi connectivity index (χ3v) is 6.92. The Hall–Kier alpha value is -1.31. The van der Waals surface area contributed by atoms with E-state index in [9.17, 15) is 4.79 Å². The Labute approximate surface area is 132 Å². The zero-order valence-electron chi connectivity index (χ0n) is 13.3. The van der Waals surface area contributed by atoms with Gasteiger partial charge in [0.2, 0.25) is 0 Å². The molecule has 0 saturated heterocycles. The Morgan fingerprint density at radius 1 is 1.05 bits per heavy atom. The largest absolute Gasteiger partial charge is 0.335 e. The number of carbonyl (C=O) groups is 1. The molecule has 2 atom stereocenters. The summed E-state index contributed by atoms with van der Waals surface area (Å²) in [6.07, 6.45) is 10.5. The van der Waals surface area contributed by atoms with Crippen molar-refractivity contribution in [2.24, 2.45) is 11.8 Å². The van der Waals surface area contributed by atoms with Gasteiger partial charge in [0.25, 0.3) is 5.91 Å². The van der Waals surface area contributed by atoms with E-state index in [1.165, 1.54) is 62.5 Å². The maximum absolute atomic E-state index is 13.2. The quantitative estimate of drug-likeness (QED) is 0.762. The van der Waals surface area contributed by atoms with Crippen molar-refractivity contribution in [3.63, 3.8) is 0 Å². The molecule has 3 saturated carbocycles. The summed E-state index contributed by atoms with van der Waals surface area (Å²) in [5.74, 6) is 2.62. The van der Waals surface area contributed by atoms with Crippen LogP contribution >= 0.6 is 0 Å². The van der Waals surface area contributed by atoms with Crippen LogP contribution in [0.5, 0.6) is 0 Å². The summed E-state index contributed by atoms with van der Waals surface area (Å²) in [5, 5.41) is 0. The fourth-order valence-corrected chi connectivity index (χ4v) is 5.85. The highest BCUT2D eigenvalue weighted by Gasteiger charge is 2.44. The molecule has 1 heterocycles. The first-order valence-electron chi connectivity index (χ1n) is 9.24. The lowest BCUT2D eigenvalue weighted by Crippen LogP contribution is -2.53. The lowest BCUT2D eigenvalue weighted by Gasteiger charge is -2.50. The molecule has 4 aliphatic carbocycles. The van der Waals surface area contributed by atoms with Gasteiger partial charge in [0.05, 0.1) is 0 Å². The smallest absolute Gasteiger partial charge is 0.254 e. The highest BCUT2D eigenvalue weighted by atomic mass is 16.2. The lowest BCUT2D eigenvalue weighted by atomic mass is 9.66. The van der Waals surface area contributed by atoms with Gasteiger partial charge in [0.15, 0.2) is 0 Å². The molecule has 6 rings (SSSR count). The molecule has 2 heteroatoms. The minimum Gasteiger partial charge on any atom is -0.335 e. The summed E-state index contributed by atoms with van der Waals surface area (Å²) in [7, 11) is 0. The van der Waals surface area contributed by atoms with Gasteiger partial charge in [-0.25, -0.2) is 0 Å². The number of fused-ring (bicyclic) bond motifs is 3. The van der Waals surface area contributed by atoms with Gasteiger partial charge in [-0.3, -0.25) is 4.79 Å². The van der Waals surface area contributed by atoms with E-state index in [-0.39, 0.29) is 0 Å². The number of rotatable bonds is 1. The number of benzene rings is 1. The normalized spacial score (nSPS) is 36.4. The van der Waals surface area contributed by atoms with Crippen LogP contribution in [0.1, 0.15) is 72.3 Å². The molecule has 5 aliphatic rings. The van der Waals surface area contributed by atoms with Gasteiger partial charge in [-0.05, 0) is 67.6 Å². The number of nitrogens with zero attached hydrogens (tertiary/aromatic N) is 1. The SMILES string of the molecule is O=C1c2cccc3c2[C@H](CCC3)CN1[C@@H]1CC2CCC1CC2. The molecule has 1 aliphatic heterocycles. The monoisotopic (exact) mass is 295 g/mol. The van der Waals surface area contributed by atoms with Crippen molar-refractivity contribution in [2.45, 2.75) is 63.3 Å². The third kappa shape index (κ3) is 1.82. The van der Waals surface area contributed by atoms with Gasteiger partial charge < -0.3 is 4.90 Å². The summed E-state index contributed by atoms with van der Waals surface area (Å²) < 4.78 is 0. The van der Waals surface area contributed by atoms with Gasteiger partial charge in [-0.1, -0.05) is 25.0 Å². The summed E-state index contributed by atoms with van der Waals surface area (Å²) in [6.45, 7) is 0.997. The zero-order chi connectivity index (χ0) is 14.7. The second-order valence-corrected chi connectivity index (χ2v) is 8.01. The first-order chi connectivity index (χ1) is 10.8. The fraction of sp³-hybridized carbons (Fsp3) is 0.650. The lowest BCUT2D eigenvalue weighted by molar-refractivity contribution is 0.0210. The summed E-state index contributed by atoms with van der Waals surface area (Å²) in [6, 6.07) is 6.98. The van der Waals surface area contributed by atoms with E-state index >= 15 is 0 Å². The van der Waals surface area contributed by atoms with Crippen LogP contribution in [-0.2, 0) is 6.42 Å². The van der Waals surface area contributed by atoms with Crippen molar-refractivity contribution in [3.05, 3.63) is 34.9 Å². The Morgan fingerprint density at radius 2 is 1.91 bits per heavy atom. The molecule has 0 unspecified atom stereocenters. The van der Waals surface area contributed by atoms with Crippen LogP contribution < -0.4 is 0 Å². The van der Waals surface area contributed by atoms with Crippen LogP contribution in [0.3, 0.4) is 0 Å². The summed E-state index contributed by atoms with van der Waals surface area (Å²) >= 11 is 0. The fourth-order valence-electron chi connectivity index (χ4n) is 5.85. The van der Waals surface area contributed by atoms with Crippen LogP contribution in [0, 0.1) is 11.8 Å². The maximum Gasteiger partial charge on any atom is 0.254 e. The van der Waals surface area contributed by atoms with Gasteiger partial charge in [0, 0.05) is 24.1 Å². The van der Waals surface area contributed by atoms with Crippen molar-refractivity contribution in [1.29, 1.82) is 0 Å². The molecule has 3 fully saturated rings. The Kier molecular flexibility index (Phi) is 2.90. The molecule has 1 aromatic carbocycles. The minimum atomic E-state index is 0.340. The third-order valence-electron chi connectivity index (χ3n) is 6.92. The zero-order valence-corrected chi connectivity index (χ0v) is 13.3. The Bertz CT molecular complexity index is 614. The number of amides is 1. The molecule has 0 radical (unpaired) electrons. The van der Waals surface area contributed by atoms with Crippen molar-refractivity contribution >= 4 is 5.91 Å². The van der Waals surface area contributed by atoms with Crippen molar-refractivity contribution < 1.29 is 4.79 Å². The van der Waals surface area contributed by atoms with Crippen LogP contribution in [0.25, 0.3) is 0 Å². The van der Waals surface area contributed by atoms with E-state index in [0.717, 1.165) is 23.9 Å². The van der Waals surface area contributed by atoms with E-state index < -0.39 is 0 Å². The predicted molar refractivity (Wildman–Crippen MR) is 87.0 cm³/mol. The maximum atomic E-state index is 13.2. The summed E-state index contributed by atoms with van der Waals surface area (Å²) in [5.41, 5.74) is 3.90. The van der Waals surface area contributed by atoms with Crippen molar-refractivity contribution in [1.82, 2.24) is 4.90 Å². The van der Waals surface area contributed by atoms with Crippen molar-refractivity contribution in [2.75, 3.05) is 6.54 Å². The number of hydrogen-bond acceptors (Lipinski definition) is 1. The van der Waals surface area contributed by atoms with Crippen molar-refractivity contribution in [3.8, 4) is 0 Å². The van der Waals surface area contributed by atoms with Gasteiger partial charge >= 0.3 is 0 Å². The van der Waals surface area contributed by atoms with Crippen LogP contribution in [0.15, 0.2) is 18.2 Å².